The highest BCUT2D eigenvalue weighted by Crippen LogP contribution is 2.16. The summed E-state index contributed by atoms with van der Waals surface area (Å²) >= 11 is 0. The number of ether oxygens (including phenoxy) is 1. The van der Waals surface area contributed by atoms with E-state index in [2.05, 4.69) is 0 Å². The van der Waals surface area contributed by atoms with Crippen LogP contribution in [0.1, 0.15) is 27.7 Å². The minimum absolute atomic E-state index is 0.313. The second-order valence-corrected chi connectivity index (χ2v) is 3.82. The monoisotopic (exact) mass is 217 g/mol. The Balaban J connectivity index is 4.91. The summed E-state index contributed by atoms with van der Waals surface area (Å²) in [6.07, 6.45) is -0.622. The molecule has 0 aliphatic rings. The van der Waals surface area contributed by atoms with Crippen LogP contribution in [-0.2, 0) is 14.3 Å². The molecule has 1 N–H and O–H groups in total. The molecule has 88 valence electrons. The van der Waals surface area contributed by atoms with Crippen molar-refractivity contribution in [1.82, 2.24) is 4.90 Å². The average molecular weight is 217 g/mol. The molecule has 0 aromatic rings. The molecule has 0 spiro atoms. The third-order valence-electron chi connectivity index (χ3n) is 2.48. The van der Waals surface area contributed by atoms with E-state index in [-0.39, 0.29) is 5.91 Å². The van der Waals surface area contributed by atoms with E-state index in [1.54, 1.807) is 13.8 Å². The largest absolute Gasteiger partial charge is 0.480 e. The summed E-state index contributed by atoms with van der Waals surface area (Å²) in [5, 5.41) is 9.01. The van der Waals surface area contributed by atoms with Crippen molar-refractivity contribution in [3.05, 3.63) is 0 Å². The predicted octanol–water partition coefficient (Wildman–Crippen LogP) is 0.733. The fourth-order valence-corrected chi connectivity index (χ4v) is 1.26. The van der Waals surface area contributed by atoms with E-state index in [0.717, 1.165) is 0 Å². The molecule has 0 saturated carbocycles. The zero-order chi connectivity index (χ0) is 12.2. The van der Waals surface area contributed by atoms with Gasteiger partial charge in [-0.1, -0.05) is 0 Å². The maximum atomic E-state index is 11.8. The van der Waals surface area contributed by atoms with Crippen molar-refractivity contribution in [2.24, 2.45) is 0 Å². The van der Waals surface area contributed by atoms with Gasteiger partial charge in [0.2, 0.25) is 0 Å². The minimum Gasteiger partial charge on any atom is -0.480 e. The number of methoxy groups -OCH3 is 1. The first-order chi connectivity index (χ1) is 6.78. The summed E-state index contributed by atoms with van der Waals surface area (Å²) in [6, 6.07) is 0. The summed E-state index contributed by atoms with van der Waals surface area (Å²) in [7, 11) is 1.42. The Kier molecular flexibility index (Phi) is 4.74. The molecule has 0 aliphatic carbocycles. The lowest BCUT2D eigenvalue weighted by molar-refractivity contribution is -0.160. The summed E-state index contributed by atoms with van der Waals surface area (Å²) in [4.78, 5) is 24.1. The number of likely N-dealkylation sites (N-methyl/N-ethyl adjacent to an activating group) is 1. The lowest BCUT2D eigenvalue weighted by Gasteiger charge is -2.35. The first kappa shape index (κ1) is 13.9. The molecule has 0 aromatic heterocycles. The number of amides is 1. The molecule has 0 rings (SSSR count). The van der Waals surface area contributed by atoms with Crippen LogP contribution in [0.5, 0.6) is 0 Å². The maximum absolute atomic E-state index is 11.8. The molecule has 1 amide bonds. The van der Waals surface area contributed by atoms with Gasteiger partial charge in [0.05, 0.1) is 0 Å². The van der Waals surface area contributed by atoms with Gasteiger partial charge >= 0.3 is 5.97 Å². The Hall–Kier alpha value is -1.10. The topological polar surface area (TPSA) is 66.8 Å². The van der Waals surface area contributed by atoms with Crippen molar-refractivity contribution in [2.45, 2.75) is 39.3 Å². The molecular formula is C10H19NO4. The number of hydrogen-bond acceptors (Lipinski definition) is 3. The number of hydrogen-bond donors (Lipinski definition) is 1. The normalized spacial score (nSPS) is 13.4. The van der Waals surface area contributed by atoms with E-state index in [0.29, 0.717) is 6.54 Å². The van der Waals surface area contributed by atoms with E-state index in [4.69, 9.17) is 9.84 Å². The van der Waals surface area contributed by atoms with Crippen LogP contribution in [0, 0.1) is 0 Å². The van der Waals surface area contributed by atoms with E-state index in [1.807, 2.05) is 0 Å². The van der Waals surface area contributed by atoms with Gasteiger partial charge in [0.15, 0.2) is 0 Å². The van der Waals surface area contributed by atoms with Crippen LogP contribution in [0.3, 0.4) is 0 Å². The maximum Gasteiger partial charge on any atom is 0.329 e. The molecule has 0 radical (unpaired) electrons. The van der Waals surface area contributed by atoms with Crippen molar-refractivity contribution in [3.63, 3.8) is 0 Å². The highest BCUT2D eigenvalue weighted by molar-refractivity contribution is 5.88. The number of rotatable bonds is 5. The quantitative estimate of drug-likeness (QED) is 0.737. The molecule has 1 unspecified atom stereocenters. The van der Waals surface area contributed by atoms with Crippen molar-refractivity contribution >= 4 is 11.9 Å². The van der Waals surface area contributed by atoms with Crippen molar-refractivity contribution in [3.8, 4) is 0 Å². The van der Waals surface area contributed by atoms with Gasteiger partial charge in [-0.15, -0.1) is 0 Å². The van der Waals surface area contributed by atoms with Crippen molar-refractivity contribution in [2.75, 3.05) is 13.7 Å². The molecule has 1 atom stereocenters. The van der Waals surface area contributed by atoms with Gasteiger partial charge < -0.3 is 14.7 Å². The lowest BCUT2D eigenvalue weighted by Crippen LogP contribution is -2.55. The van der Waals surface area contributed by atoms with Crippen LogP contribution in [0.4, 0.5) is 0 Å². The first-order valence-corrected chi connectivity index (χ1v) is 4.86. The van der Waals surface area contributed by atoms with Gasteiger partial charge in [0.1, 0.15) is 11.6 Å². The minimum atomic E-state index is -1.21. The molecule has 0 bridgehead atoms. The zero-order valence-electron chi connectivity index (χ0n) is 9.90. The second kappa shape index (κ2) is 5.11. The van der Waals surface area contributed by atoms with E-state index in [1.165, 1.54) is 25.9 Å². The smallest absolute Gasteiger partial charge is 0.329 e. The van der Waals surface area contributed by atoms with Crippen LogP contribution in [0.25, 0.3) is 0 Å². The fraction of sp³-hybridized carbons (Fsp3) is 0.800. The third-order valence-corrected chi connectivity index (χ3v) is 2.48. The van der Waals surface area contributed by atoms with Gasteiger partial charge in [0.25, 0.3) is 5.91 Å². The third kappa shape index (κ3) is 2.92. The number of nitrogens with zero attached hydrogens (tertiary/aromatic N) is 1. The van der Waals surface area contributed by atoms with E-state index >= 15 is 0 Å². The van der Waals surface area contributed by atoms with Gasteiger partial charge in [-0.2, -0.15) is 0 Å². The van der Waals surface area contributed by atoms with Gasteiger partial charge in [0, 0.05) is 13.7 Å². The Labute approximate surface area is 90.0 Å². The molecule has 0 fully saturated rings. The fourth-order valence-electron chi connectivity index (χ4n) is 1.26. The highest BCUT2D eigenvalue weighted by atomic mass is 16.5. The van der Waals surface area contributed by atoms with Crippen LogP contribution in [0.15, 0.2) is 0 Å². The predicted molar refractivity (Wildman–Crippen MR) is 55.6 cm³/mol. The Morgan fingerprint density at radius 1 is 1.47 bits per heavy atom. The summed E-state index contributed by atoms with van der Waals surface area (Å²) < 4.78 is 4.89. The Morgan fingerprint density at radius 3 is 2.20 bits per heavy atom. The molecule has 0 saturated heterocycles. The van der Waals surface area contributed by atoms with Gasteiger partial charge in [-0.3, -0.25) is 4.79 Å². The van der Waals surface area contributed by atoms with Crippen LogP contribution in [0.2, 0.25) is 0 Å². The highest BCUT2D eigenvalue weighted by Gasteiger charge is 2.38. The number of carbonyl (C=O) groups is 2. The van der Waals surface area contributed by atoms with Crippen LogP contribution in [-0.4, -0.2) is 47.2 Å². The summed E-state index contributed by atoms with van der Waals surface area (Å²) in [5.41, 5.74) is -1.21. The Morgan fingerprint density at radius 2 is 1.93 bits per heavy atom. The zero-order valence-corrected chi connectivity index (χ0v) is 9.90. The lowest BCUT2D eigenvalue weighted by atomic mass is 10.0. The molecule has 5 heteroatoms. The number of aliphatic carboxylic acids is 1. The number of carboxylic acid groups (broad SMARTS) is 1. The SMILES string of the molecule is CCN(C(=O)C(C)OC)C(C)(C)C(=O)O. The summed E-state index contributed by atoms with van der Waals surface area (Å²) in [6.45, 7) is 6.68. The number of carboxylic acids is 1. The van der Waals surface area contributed by atoms with Gasteiger partial charge in [-0.05, 0) is 27.7 Å². The van der Waals surface area contributed by atoms with E-state index in [9.17, 15) is 9.59 Å². The Bertz CT molecular complexity index is 250. The summed E-state index contributed by atoms with van der Waals surface area (Å²) in [5.74, 6) is -1.34. The molecular weight excluding hydrogens is 198 g/mol. The molecule has 0 aliphatic heterocycles. The molecule has 15 heavy (non-hydrogen) atoms. The average Bonchev–Trinajstić information content (AvgIpc) is 2.16. The molecule has 5 nitrogen and oxygen atoms in total. The van der Waals surface area contributed by atoms with Crippen molar-refractivity contribution in [1.29, 1.82) is 0 Å². The first-order valence-electron chi connectivity index (χ1n) is 4.86. The molecule has 0 heterocycles. The van der Waals surface area contributed by atoms with Crippen LogP contribution >= 0.6 is 0 Å². The standard InChI is InChI=1S/C10H19NO4/c1-6-11(8(12)7(2)15-5)10(3,4)9(13)14/h7H,6H2,1-5H3,(H,13,14). The van der Waals surface area contributed by atoms with E-state index < -0.39 is 17.6 Å². The van der Waals surface area contributed by atoms with Gasteiger partial charge in [-0.25, -0.2) is 4.79 Å². The van der Waals surface area contributed by atoms with Crippen molar-refractivity contribution < 1.29 is 19.4 Å². The molecule has 0 aromatic carbocycles. The number of carbonyl (C=O) groups excluding carboxylic acids is 1. The van der Waals surface area contributed by atoms with Crippen LogP contribution < -0.4 is 0 Å². The second-order valence-electron chi connectivity index (χ2n) is 3.82.